The minimum absolute atomic E-state index is 0.351. The lowest BCUT2D eigenvalue weighted by Crippen LogP contribution is -2.40. The lowest BCUT2D eigenvalue weighted by Gasteiger charge is -2.18. The first-order chi connectivity index (χ1) is 5.95. The molecule has 78 valence electrons. The molecule has 0 saturated carbocycles. The number of carbonyl (C=O) groups excluding carboxylic acids is 2. The van der Waals surface area contributed by atoms with Crippen LogP contribution >= 0.6 is 0 Å². The van der Waals surface area contributed by atoms with Crippen LogP contribution in [0.25, 0.3) is 0 Å². The van der Waals surface area contributed by atoms with Gasteiger partial charge in [-0.05, 0) is 20.8 Å². The fourth-order valence-corrected chi connectivity index (χ4v) is 0.392. The molecule has 0 bridgehead atoms. The van der Waals surface area contributed by atoms with Crippen LogP contribution in [-0.4, -0.2) is 18.1 Å². The summed E-state index contributed by atoms with van der Waals surface area (Å²) in [6.07, 6.45) is -0.325. The van der Waals surface area contributed by atoms with E-state index < -0.39 is 11.7 Å². The van der Waals surface area contributed by atoms with Crippen LogP contribution in [0, 0.1) is 0 Å². The zero-order valence-corrected chi connectivity index (χ0v) is 8.80. The highest BCUT2D eigenvalue weighted by atomic mass is 16.6. The Morgan fingerprint density at radius 3 is 2.08 bits per heavy atom. The summed E-state index contributed by atoms with van der Waals surface area (Å²) in [5, 5.41) is 0. The van der Waals surface area contributed by atoms with Crippen LogP contribution in [0.3, 0.4) is 0 Å². The van der Waals surface area contributed by atoms with Gasteiger partial charge in [-0.2, -0.15) is 0 Å². The van der Waals surface area contributed by atoms with Gasteiger partial charge in [0.1, 0.15) is 5.60 Å². The van der Waals surface area contributed by atoms with Crippen molar-refractivity contribution in [3.8, 4) is 0 Å². The first-order valence-corrected chi connectivity index (χ1v) is 4.14. The average Bonchev–Trinajstić information content (AvgIpc) is 2.01. The summed E-state index contributed by atoms with van der Waals surface area (Å²) in [7, 11) is 0. The third kappa shape index (κ3) is 13.7. The molecular weight excluding hydrogens is 172 g/mol. The number of nitrogens with one attached hydrogen (secondary N) is 2. The third-order valence-corrected chi connectivity index (χ3v) is 0.632. The van der Waals surface area contributed by atoms with E-state index in [2.05, 4.69) is 0 Å². The third-order valence-electron chi connectivity index (χ3n) is 0.632. The van der Waals surface area contributed by atoms with Gasteiger partial charge in [0.2, 0.25) is 6.41 Å². The normalized spacial score (nSPS) is 9.00. The first-order valence-electron chi connectivity index (χ1n) is 4.14. The number of hydrazine groups is 1. The monoisotopic (exact) mass is 190 g/mol. The Balaban J connectivity index is 0. The van der Waals surface area contributed by atoms with Gasteiger partial charge < -0.3 is 4.74 Å². The highest BCUT2D eigenvalue weighted by Crippen LogP contribution is 2.05. The summed E-state index contributed by atoms with van der Waals surface area (Å²) in [6, 6.07) is 0. The SMILES string of the molecule is CC.CC(C)(C)OC(=O)NNC=O. The van der Waals surface area contributed by atoms with Gasteiger partial charge in [0.05, 0.1) is 0 Å². The van der Waals surface area contributed by atoms with Crippen molar-refractivity contribution in [3.63, 3.8) is 0 Å². The predicted octanol–water partition coefficient (Wildman–Crippen LogP) is 1.20. The van der Waals surface area contributed by atoms with E-state index in [0.29, 0.717) is 6.41 Å². The van der Waals surface area contributed by atoms with Crippen molar-refractivity contribution in [2.75, 3.05) is 0 Å². The van der Waals surface area contributed by atoms with E-state index in [1.165, 1.54) is 0 Å². The Bertz CT molecular complexity index is 152. The van der Waals surface area contributed by atoms with Gasteiger partial charge in [0.25, 0.3) is 0 Å². The number of hydrogen-bond donors (Lipinski definition) is 2. The second-order valence-corrected chi connectivity index (χ2v) is 2.89. The zero-order valence-electron chi connectivity index (χ0n) is 8.80. The standard InChI is InChI=1S/C6H12N2O3.C2H6/c1-6(2,3)11-5(10)8-7-4-9;1-2/h4H,1-3H3,(H,7,9)(H,8,10);1-2H3. The van der Waals surface area contributed by atoms with Crippen molar-refractivity contribution in [1.29, 1.82) is 0 Å². The van der Waals surface area contributed by atoms with Gasteiger partial charge in [-0.1, -0.05) is 13.8 Å². The van der Waals surface area contributed by atoms with Crippen molar-refractivity contribution in [2.45, 2.75) is 40.2 Å². The van der Waals surface area contributed by atoms with E-state index >= 15 is 0 Å². The fraction of sp³-hybridized carbons (Fsp3) is 0.750. The van der Waals surface area contributed by atoms with E-state index in [4.69, 9.17) is 4.74 Å². The van der Waals surface area contributed by atoms with E-state index in [9.17, 15) is 9.59 Å². The topological polar surface area (TPSA) is 67.4 Å². The molecule has 0 aromatic carbocycles. The maximum atomic E-state index is 10.7. The van der Waals surface area contributed by atoms with Gasteiger partial charge in [0.15, 0.2) is 0 Å². The highest BCUT2D eigenvalue weighted by molar-refractivity contribution is 5.69. The summed E-state index contributed by atoms with van der Waals surface area (Å²) in [4.78, 5) is 20.4. The maximum absolute atomic E-state index is 10.7. The molecule has 0 aromatic heterocycles. The lowest BCUT2D eigenvalue weighted by molar-refractivity contribution is -0.110. The van der Waals surface area contributed by atoms with Gasteiger partial charge in [0, 0.05) is 0 Å². The van der Waals surface area contributed by atoms with Crippen molar-refractivity contribution < 1.29 is 14.3 Å². The molecule has 2 N–H and O–H groups in total. The van der Waals surface area contributed by atoms with Crippen LogP contribution < -0.4 is 10.9 Å². The van der Waals surface area contributed by atoms with E-state index in [0.717, 1.165) is 0 Å². The van der Waals surface area contributed by atoms with Gasteiger partial charge in [-0.3, -0.25) is 10.2 Å². The van der Waals surface area contributed by atoms with Crippen molar-refractivity contribution in [2.24, 2.45) is 0 Å². The molecule has 5 nitrogen and oxygen atoms in total. The molecule has 0 aromatic rings. The molecule has 0 spiro atoms. The zero-order chi connectivity index (χ0) is 10.9. The molecule has 13 heavy (non-hydrogen) atoms. The number of rotatable bonds is 2. The quantitative estimate of drug-likeness (QED) is 0.508. The average molecular weight is 190 g/mol. The summed E-state index contributed by atoms with van der Waals surface area (Å²) in [6.45, 7) is 9.19. The fourth-order valence-electron chi connectivity index (χ4n) is 0.392. The predicted molar refractivity (Wildman–Crippen MR) is 49.9 cm³/mol. The van der Waals surface area contributed by atoms with Gasteiger partial charge in [-0.25, -0.2) is 10.2 Å². The number of amides is 2. The Morgan fingerprint density at radius 1 is 1.31 bits per heavy atom. The molecule has 0 unspecified atom stereocenters. The molecule has 0 fully saturated rings. The minimum Gasteiger partial charge on any atom is -0.443 e. The highest BCUT2D eigenvalue weighted by Gasteiger charge is 2.15. The summed E-state index contributed by atoms with van der Waals surface area (Å²) < 4.78 is 4.77. The number of carbonyl (C=O) groups is 2. The van der Waals surface area contributed by atoms with Gasteiger partial charge >= 0.3 is 6.09 Å². The number of ether oxygens (including phenoxy) is 1. The van der Waals surface area contributed by atoms with Crippen molar-refractivity contribution in [3.05, 3.63) is 0 Å². The molecular formula is C8H18N2O3. The van der Waals surface area contributed by atoms with Gasteiger partial charge in [-0.15, -0.1) is 0 Å². The molecule has 5 heteroatoms. The van der Waals surface area contributed by atoms with Crippen LogP contribution in [-0.2, 0) is 9.53 Å². The number of hydrogen-bond acceptors (Lipinski definition) is 3. The lowest BCUT2D eigenvalue weighted by atomic mass is 10.2. The Labute approximate surface area is 78.8 Å². The molecule has 0 aliphatic carbocycles. The summed E-state index contributed by atoms with van der Waals surface area (Å²) in [5.74, 6) is 0. The van der Waals surface area contributed by atoms with Crippen molar-refractivity contribution in [1.82, 2.24) is 10.9 Å². The molecule has 0 aliphatic heterocycles. The van der Waals surface area contributed by atoms with Crippen LogP contribution in [0.2, 0.25) is 0 Å². The van der Waals surface area contributed by atoms with Crippen LogP contribution in [0.4, 0.5) is 4.79 Å². The second-order valence-electron chi connectivity index (χ2n) is 2.89. The summed E-state index contributed by atoms with van der Waals surface area (Å²) >= 11 is 0. The van der Waals surface area contributed by atoms with Crippen LogP contribution in [0.15, 0.2) is 0 Å². The molecule has 0 rings (SSSR count). The van der Waals surface area contributed by atoms with E-state index in [-0.39, 0.29) is 0 Å². The van der Waals surface area contributed by atoms with E-state index in [1.54, 1.807) is 20.8 Å². The maximum Gasteiger partial charge on any atom is 0.426 e. The van der Waals surface area contributed by atoms with Crippen LogP contribution in [0.5, 0.6) is 0 Å². The molecule has 0 heterocycles. The molecule has 2 amide bonds. The largest absolute Gasteiger partial charge is 0.443 e. The van der Waals surface area contributed by atoms with E-state index in [1.807, 2.05) is 24.7 Å². The minimum atomic E-state index is -0.676. The Morgan fingerprint density at radius 2 is 1.77 bits per heavy atom. The Hall–Kier alpha value is -1.26. The Kier molecular flexibility index (Phi) is 8.12. The molecule has 0 atom stereocenters. The molecule has 0 saturated heterocycles. The summed E-state index contributed by atoms with van der Waals surface area (Å²) in [5.41, 5.74) is 3.43. The first kappa shape index (κ1) is 14.3. The second kappa shape index (κ2) is 7.39. The molecule has 0 aliphatic rings. The molecule has 0 radical (unpaired) electrons. The smallest absolute Gasteiger partial charge is 0.426 e. The van der Waals surface area contributed by atoms with Crippen LogP contribution in [0.1, 0.15) is 34.6 Å². The van der Waals surface area contributed by atoms with Crippen molar-refractivity contribution >= 4 is 12.5 Å².